The summed E-state index contributed by atoms with van der Waals surface area (Å²) in [6.45, 7) is 4.51. The number of hydrogen-bond acceptors (Lipinski definition) is 4. The topological polar surface area (TPSA) is 74.7 Å². The molecule has 0 aliphatic rings. The van der Waals surface area contributed by atoms with Gasteiger partial charge in [0.2, 0.25) is 0 Å². The van der Waals surface area contributed by atoms with E-state index >= 15 is 0 Å². The Balaban J connectivity index is 2.58. The molecule has 0 aliphatic carbocycles. The van der Waals surface area contributed by atoms with Gasteiger partial charge >= 0.3 is 0 Å². The Morgan fingerprint density at radius 2 is 2.29 bits per heavy atom. The van der Waals surface area contributed by atoms with Crippen LogP contribution in [-0.4, -0.2) is 17.1 Å². The molecule has 1 rings (SSSR count). The molecule has 14 heavy (non-hydrogen) atoms. The Labute approximate surface area is 83.8 Å². The molecule has 3 N–H and O–H groups in total. The highest BCUT2D eigenvalue weighted by atomic mass is 15.0. The summed E-state index contributed by atoms with van der Waals surface area (Å²) in [6.07, 6.45) is 1.53. The van der Waals surface area contributed by atoms with E-state index in [0.717, 1.165) is 5.82 Å². The first-order valence-corrected chi connectivity index (χ1v) is 4.40. The highest BCUT2D eigenvalue weighted by molar-refractivity contribution is 5.39. The molecule has 1 heterocycles. The summed E-state index contributed by atoms with van der Waals surface area (Å²) in [6, 6.07) is 5.50. The number of hydrogen-bond donors (Lipinski definition) is 2. The van der Waals surface area contributed by atoms with E-state index in [4.69, 9.17) is 11.0 Å². The van der Waals surface area contributed by atoms with Gasteiger partial charge in [0, 0.05) is 18.3 Å². The third kappa shape index (κ3) is 3.42. The highest BCUT2D eigenvalue weighted by Gasteiger charge is 2.09. The number of pyridine rings is 1. The summed E-state index contributed by atoms with van der Waals surface area (Å²) in [4.78, 5) is 4.06. The first-order valence-electron chi connectivity index (χ1n) is 4.40. The van der Waals surface area contributed by atoms with Crippen LogP contribution >= 0.6 is 0 Å². The standard InChI is InChI=1S/C10H14N4/c1-10(2,12)7-14-9-4-3-8(5-11)6-13-9/h3-4,6H,7,12H2,1-2H3,(H,13,14). The molecule has 1 aromatic rings. The van der Waals surface area contributed by atoms with Crippen LogP contribution in [0.15, 0.2) is 18.3 Å². The summed E-state index contributed by atoms with van der Waals surface area (Å²) in [7, 11) is 0. The lowest BCUT2D eigenvalue weighted by Crippen LogP contribution is -2.39. The van der Waals surface area contributed by atoms with Crippen LogP contribution in [0.25, 0.3) is 0 Å². The smallest absolute Gasteiger partial charge is 0.126 e. The van der Waals surface area contributed by atoms with Crippen molar-refractivity contribution in [2.45, 2.75) is 19.4 Å². The van der Waals surface area contributed by atoms with Gasteiger partial charge in [-0.25, -0.2) is 4.98 Å². The van der Waals surface area contributed by atoms with Crippen molar-refractivity contribution < 1.29 is 0 Å². The maximum Gasteiger partial charge on any atom is 0.126 e. The molecule has 0 fully saturated rings. The number of nitrogens with zero attached hydrogens (tertiary/aromatic N) is 2. The maximum atomic E-state index is 8.56. The molecule has 4 nitrogen and oxygen atoms in total. The Kier molecular flexibility index (Phi) is 3.05. The molecule has 0 aromatic carbocycles. The zero-order chi connectivity index (χ0) is 10.6. The van der Waals surface area contributed by atoms with Gasteiger partial charge in [0.05, 0.1) is 5.56 Å². The maximum absolute atomic E-state index is 8.56. The SMILES string of the molecule is CC(C)(N)CNc1ccc(C#N)cn1. The third-order valence-electron chi connectivity index (χ3n) is 1.62. The predicted molar refractivity (Wildman–Crippen MR) is 55.7 cm³/mol. The number of aromatic nitrogens is 1. The highest BCUT2D eigenvalue weighted by Crippen LogP contribution is 2.05. The van der Waals surface area contributed by atoms with Gasteiger partial charge in [0.25, 0.3) is 0 Å². The van der Waals surface area contributed by atoms with E-state index in [0.29, 0.717) is 12.1 Å². The quantitative estimate of drug-likeness (QED) is 0.748. The first kappa shape index (κ1) is 10.5. The minimum atomic E-state index is -0.268. The number of nitrogens with one attached hydrogen (secondary N) is 1. The van der Waals surface area contributed by atoms with Gasteiger partial charge in [-0.1, -0.05) is 0 Å². The summed E-state index contributed by atoms with van der Waals surface area (Å²) in [5, 5.41) is 11.6. The van der Waals surface area contributed by atoms with Crippen LogP contribution in [0.5, 0.6) is 0 Å². The molecule has 1 aromatic heterocycles. The molecule has 0 saturated heterocycles. The minimum Gasteiger partial charge on any atom is -0.368 e. The fourth-order valence-corrected chi connectivity index (χ4v) is 0.883. The van der Waals surface area contributed by atoms with E-state index in [2.05, 4.69) is 10.3 Å². The fraction of sp³-hybridized carbons (Fsp3) is 0.400. The van der Waals surface area contributed by atoms with Gasteiger partial charge < -0.3 is 11.1 Å². The van der Waals surface area contributed by atoms with Crippen LogP contribution in [0.1, 0.15) is 19.4 Å². The molecule has 0 amide bonds. The van der Waals surface area contributed by atoms with Gasteiger partial charge in [-0.2, -0.15) is 5.26 Å². The van der Waals surface area contributed by atoms with Crippen molar-refractivity contribution in [3.05, 3.63) is 23.9 Å². The predicted octanol–water partition coefficient (Wildman–Crippen LogP) is 1.10. The lowest BCUT2D eigenvalue weighted by atomic mass is 10.1. The summed E-state index contributed by atoms with van der Waals surface area (Å²) in [5.41, 5.74) is 6.09. The van der Waals surface area contributed by atoms with Crippen LogP contribution in [-0.2, 0) is 0 Å². The van der Waals surface area contributed by atoms with E-state index in [-0.39, 0.29) is 5.54 Å². The Bertz CT molecular complexity index is 329. The third-order valence-corrected chi connectivity index (χ3v) is 1.62. The lowest BCUT2D eigenvalue weighted by Gasteiger charge is -2.19. The largest absolute Gasteiger partial charge is 0.368 e. The molecule has 0 radical (unpaired) electrons. The molecular formula is C10H14N4. The van der Waals surface area contributed by atoms with Crippen molar-refractivity contribution in [2.75, 3.05) is 11.9 Å². The lowest BCUT2D eigenvalue weighted by molar-refractivity contribution is 0.548. The molecule has 0 saturated carbocycles. The Morgan fingerprint density at radius 3 is 2.71 bits per heavy atom. The molecular weight excluding hydrogens is 176 g/mol. The average Bonchev–Trinajstić information content (AvgIpc) is 2.14. The average molecular weight is 190 g/mol. The summed E-state index contributed by atoms with van der Waals surface area (Å²) >= 11 is 0. The monoisotopic (exact) mass is 190 g/mol. The Hall–Kier alpha value is -1.60. The second kappa shape index (κ2) is 4.07. The number of rotatable bonds is 3. The van der Waals surface area contributed by atoms with Crippen LogP contribution in [0, 0.1) is 11.3 Å². The van der Waals surface area contributed by atoms with Crippen molar-refractivity contribution >= 4 is 5.82 Å². The van der Waals surface area contributed by atoms with Gasteiger partial charge in [0.1, 0.15) is 11.9 Å². The fourth-order valence-electron chi connectivity index (χ4n) is 0.883. The zero-order valence-electron chi connectivity index (χ0n) is 8.41. The van der Waals surface area contributed by atoms with Crippen LogP contribution in [0.4, 0.5) is 5.82 Å². The van der Waals surface area contributed by atoms with E-state index < -0.39 is 0 Å². The van der Waals surface area contributed by atoms with E-state index in [1.807, 2.05) is 19.9 Å². The van der Waals surface area contributed by atoms with E-state index in [1.54, 1.807) is 12.1 Å². The van der Waals surface area contributed by atoms with Crippen molar-refractivity contribution in [3.63, 3.8) is 0 Å². The minimum absolute atomic E-state index is 0.268. The molecule has 0 atom stereocenters. The first-order chi connectivity index (χ1) is 6.51. The van der Waals surface area contributed by atoms with Crippen molar-refractivity contribution in [3.8, 4) is 6.07 Å². The van der Waals surface area contributed by atoms with Gasteiger partial charge in [-0.05, 0) is 26.0 Å². The van der Waals surface area contributed by atoms with Gasteiger partial charge in [-0.3, -0.25) is 0 Å². The van der Waals surface area contributed by atoms with Crippen molar-refractivity contribution in [1.82, 2.24) is 4.98 Å². The molecule has 0 unspecified atom stereocenters. The normalized spacial score (nSPS) is 10.7. The number of anilines is 1. The van der Waals surface area contributed by atoms with Crippen LogP contribution < -0.4 is 11.1 Å². The molecule has 0 bridgehead atoms. The summed E-state index contributed by atoms with van der Waals surface area (Å²) < 4.78 is 0. The zero-order valence-corrected chi connectivity index (χ0v) is 8.41. The van der Waals surface area contributed by atoms with Gasteiger partial charge in [-0.15, -0.1) is 0 Å². The van der Waals surface area contributed by atoms with Crippen molar-refractivity contribution in [1.29, 1.82) is 5.26 Å². The van der Waals surface area contributed by atoms with E-state index in [9.17, 15) is 0 Å². The van der Waals surface area contributed by atoms with E-state index in [1.165, 1.54) is 6.20 Å². The number of nitrogens with two attached hydrogens (primary N) is 1. The van der Waals surface area contributed by atoms with Crippen LogP contribution in [0.2, 0.25) is 0 Å². The number of nitriles is 1. The molecule has 74 valence electrons. The van der Waals surface area contributed by atoms with Crippen LogP contribution in [0.3, 0.4) is 0 Å². The van der Waals surface area contributed by atoms with Crippen molar-refractivity contribution in [2.24, 2.45) is 5.73 Å². The Morgan fingerprint density at radius 1 is 1.57 bits per heavy atom. The summed E-state index contributed by atoms with van der Waals surface area (Å²) in [5.74, 6) is 0.738. The molecule has 0 aliphatic heterocycles. The van der Waals surface area contributed by atoms with Gasteiger partial charge in [0.15, 0.2) is 0 Å². The second-order valence-corrected chi connectivity index (χ2v) is 3.89. The molecule has 4 heteroatoms. The molecule has 0 spiro atoms. The second-order valence-electron chi connectivity index (χ2n) is 3.89.